The molecule has 19 heavy (non-hydrogen) atoms. The van der Waals surface area contributed by atoms with Gasteiger partial charge in [-0.3, -0.25) is 4.79 Å². The van der Waals surface area contributed by atoms with Crippen LogP contribution in [-0.4, -0.2) is 44.6 Å². The lowest BCUT2D eigenvalue weighted by Crippen LogP contribution is -2.42. The smallest absolute Gasteiger partial charge is 0.264 e. The fourth-order valence-electron chi connectivity index (χ4n) is 2.40. The molecule has 6 heteroatoms. The van der Waals surface area contributed by atoms with Crippen molar-refractivity contribution in [1.82, 2.24) is 10.2 Å². The van der Waals surface area contributed by atoms with Crippen molar-refractivity contribution in [3.63, 3.8) is 0 Å². The first-order chi connectivity index (χ1) is 8.74. The number of ether oxygens (including phenoxy) is 1. The predicted molar refractivity (Wildman–Crippen MR) is 80.7 cm³/mol. The van der Waals surface area contributed by atoms with Gasteiger partial charge in [0.05, 0.1) is 12.0 Å². The monoisotopic (exact) mass is 304 g/mol. The van der Waals surface area contributed by atoms with Crippen molar-refractivity contribution in [2.75, 3.05) is 33.8 Å². The van der Waals surface area contributed by atoms with Crippen LogP contribution in [0.15, 0.2) is 11.4 Å². The van der Waals surface area contributed by atoms with Gasteiger partial charge in [0.15, 0.2) is 0 Å². The van der Waals surface area contributed by atoms with Crippen molar-refractivity contribution in [1.29, 1.82) is 0 Å². The zero-order valence-corrected chi connectivity index (χ0v) is 13.0. The fourth-order valence-corrected chi connectivity index (χ4v) is 3.22. The van der Waals surface area contributed by atoms with Gasteiger partial charge >= 0.3 is 0 Å². The Balaban J connectivity index is 0.00000180. The normalized spacial score (nSPS) is 18.8. The first-order valence-electron chi connectivity index (χ1n) is 6.31. The summed E-state index contributed by atoms with van der Waals surface area (Å²) in [6, 6.07) is 1.83. The number of methoxy groups -OCH3 is 1. The zero-order chi connectivity index (χ0) is 13.0. The van der Waals surface area contributed by atoms with Crippen LogP contribution in [-0.2, 0) is 0 Å². The van der Waals surface area contributed by atoms with Gasteiger partial charge in [0.1, 0.15) is 5.75 Å². The molecule has 1 N–H and O–H groups in total. The molecule has 1 aromatic heterocycles. The molecule has 4 nitrogen and oxygen atoms in total. The van der Waals surface area contributed by atoms with Crippen LogP contribution in [0.5, 0.6) is 5.75 Å². The standard InChI is InChI=1S/C13H20N2O2S.ClH/c1-14-7-10-4-3-5-15(8-10)13(16)12-6-11(17-2)9-18-12;/h6,9-10,14H,3-5,7-8H2,1-2H3;1H. The van der Waals surface area contributed by atoms with Crippen LogP contribution in [0.3, 0.4) is 0 Å². The van der Waals surface area contributed by atoms with E-state index in [1.165, 1.54) is 17.8 Å². The molecule has 108 valence electrons. The predicted octanol–water partition coefficient (Wildman–Crippen LogP) is 2.25. The van der Waals surface area contributed by atoms with Crippen LogP contribution in [0.1, 0.15) is 22.5 Å². The van der Waals surface area contributed by atoms with E-state index in [1.807, 2.05) is 23.4 Å². The Morgan fingerprint density at radius 3 is 3.05 bits per heavy atom. The number of likely N-dealkylation sites (tertiary alicyclic amines) is 1. The van der Waals surface area contributed by atoms with Crippen LogP contribution in [0, 0.1) is 5.92 Å². The second-order valence-electron chi connectivity index (χ2n) is 4.67. The van der Waals surface area contributed by atoms with E-state index in [0.29, 0.717) is 5.92 Å². The third-order valence-corrected chi connectivity index (χ3v) is 4.22. The van der Waals surface area contributed by atoms with E-state index in [-0.39, 0.29) is 18.3 Å². The summed E-state index contributed by atoms with van der Waals surface area (Å²) in [4.78, 5) is 15.1. The van der Waals surface area contributed by atoms with Gasteiger partial charge in [-0.1, -0.05) is 0 Å². The highest BCUT2D eigenvalue weighted by atomic mass is 35.5. The van der Waals surface area contributed by atoms with Gasteiger partial charge in [-0.2, -0.15) is 0 Å². The van der Waals surface area contributed by atoms with E-state index in [4.69, 9.17) is 4.74 Å². The quantitative estimate of drug-likeness (QED) is 0.927. The summed E-state index contributed by atoms with van der Waals surface area (Å²) in [7, 11) is 3.59. The molecule has 0 aliphatic carbocycles. The van der Waals surface area contributed by atoms with E-state index >= 15 is 0 Å². The number of thiophene rings is 1. The van der Waals surface area contributed by atoms with Crippen molar-refractivity contribution in [2.24, 2.45) is 5.92 Å². The number of amides is 1. The van der Waals surface area contributed by atoms with Gasteiger partial charge in [0.25, 0.3) is 5.91 Å². The summed E-state index contributed by atoms with van der Waals surface area (Å²) < 4.78 is 5.12. The molecule has 1 aromatic rings. The Labute approximate surface area is 124 Å². The first kappa shape index (κ1) is 16.3. The summed E-state index contributed by atoms with van der Waals surface area (Å²) in [6.07, 6.45) is 2.30. The van der Waals surface area contributed by atoms with Crippen LogP contribution in [0.4, 0.5) is 0 Å². The molecule has 2 heterocycles. The third kappa shape index (κ3) is 4.09. The highest BCUT2D eigenvalue weighted by Crippen LogP contribution is 2.24. The average Bonchev–Trinajstić information content (AvgIpc) is 2.87. The van der Waals surface area contributed by atoms with Crippen molar-refractivity contribution in [3.05, 3.63) is 16.3 Å². The van der Waals surface area contributed by atoms with Crippen LogP contribution >= 0.6 is 23.7 Å². The van der Waals surface area contributed by atoms with Crippen LogP contribution < -0.4 is 10.1 Å². The second kappa shape index (κ2) is 7.72. The third-order valence-electron chi connectivity index (χ3n) is 3.32. The van der Waals surface area contributed by atoms with E-state index in [9.17, 15) is 4.79 Å². The van der Waals surface area contributed by atoms with E-state index in [2.05, 4.69) is 5.32 Å². The van der Waals surface area contributed by atoms with Gasteiger partial charge in [-0.05, 0) is 32.4 Å². The van der Waals surface area contributed by atoms with Crippen LogP contribution in [0.2, 0.25) is 0 Å². The molecule has 1 unspecified atom stereocenters. The van der Waals surface area contributed by atoms with Gasteiger partial charge in [-0.15, -0.1) is 23.7 Å². The van der Waals surface area contributed by atoms with Gasteiger partial charge in [-0.25, -0.2) is 0 Å². The SMILES string of the molecule is CNCC1CCCN(C(=O)c2cc(OC)cs2)C1.Cl. The summed E-state index contributed by atoms with van der Waals surface area (Å²) >= 11 is 1.46. The zero-order valence-electron chi connectivity index (χ0n) is 11.3. The Morgan fingerprint density at radius 1 is 1.63 bits per heavy atom. The molecule has 1 aliphatic rings. The maximum Gasteiger partial charge on any atom is 0.264 e. The minimum atomic E-state index is 0. The molecular formula is C13H21ClN2O2S. The van der Waals surface area contributed by atoms with Gasteiger partial charge in [0, 0.05) is 24.5 Å². The lowest BCUT2D eigenvalue weighted by atomic mass is 9.98. The van der Waals surface area contributed by atoms with Gasteiger partial charge in [0.2, 0.25) is 0 Å². The number of nitrogens with one attached hydrogen (secondary N) is 1. The van der Waals surface area contributed by atoms with E-state index < -0.39 is 0 Å². The molecule has 1 amide bonds. The first-order valence-corrected chi connectivity index (χ1v) is 7.19. The average molecular weight is 305 g/mol. The Bertz CT molecular complexity index is 409. The van der Waals surface area contributed by atoms with Crippen molar-refractivity contribution >= 4 is 29.7 Å². The number of carbonyl (C=O) groups excluding carboxylic acids is 1. The molecule has 0 spiro atoms. The number of nitrogens with zero attached hydrogens (tertiary/aromatic N) is 1. The highest BCUT2D eigenvalue weighted by Gasteiger charge is 2.24. The minimum absolute atomic E-state index is 0. The van der Waals surface area contributed by atoms with Gasteiger partial charge < -0.3 is 15.0 Å². The summed E-state index contributed by atoms with van der Waals surface area (Å²) in [5.74, 6) is 1.49. The second-order valence-corrected chi connectivity index (χ2v) is 5.58. The highest BCUT2D eigenvalue weighted by molar-refractivity contribution is 7.12. The molecule has 1 atom stereocenters. The molecule has 0 saturated carbocycles. The lowest BCUT2D eigenvalue weighted by molar-refractivity contribution is 0.0679. The number of halogens is 1. The molecule has 0 radical (unpaired) electrons. The number of piperidine rings is 1. The maximum absolute atomic E-state index is 12.3. The van der Waals surface area contributed by atoms with Crippen molar-refractivity contribution < 1.29 is 9.53 Å². The lowest BCUT2D eigenvalue weighted by Gasteiger charge is -2.32. The molecule has 0 aromatic carbocycles. The maximum atomic E-state index is 12.3. The molecule has 0 bridgehead atoms. The van der Waals surface area contributed by atoms with Crippen LogP contribution in [0.25, 0.3) is 0 Å². The summed E-state index contributed by atoms with van der Waals surface area (Å²) in [6.45, 7) is 2.72. The minimum Gasteiger partial charge on any atom is -0.496 e. The number of hydrogen-bond acceptors (Lipinski definition) is 4. The number of hydrogen-bond donors (Lipinski definition) is 1. The Morgan fingerprint density at radius 2 is 2.42 bits per heavy atom. The molecule has 1 fully saturated rings. The van der Waals surface area contributed by atoms with E-state index in [1.54, 1.807) is 7.11 Å². The van der Waals surface area contributed by atoms with E-state index in [0.717, 1.165) is 36.7 Å². The van der Waals surface area contributed by atoms with Crippen molar-refractivity contribution in [3.8, 4) is 5.75 Å². The molecule has 1 saturated heterocycles. The molecular weight excluding hydrogens is 284 g/mol. The van der Waals surface area contributed by atoms with Crippen molar-refractivity contribution in [2.45, 2.75) is 12.8 Å². The topological polar surface area (TPSA) is 41.6 Å². The number of rotatable bonds is 4. The summed E-state index contributed by atoms with van der Waals surface area (Å²) in [5.41, 5.74) is 0. The fraction of sp³-hybridized carbons (Fsp3) is 0.615. The number of carbonyl (C=O) groups is 1. The molecule has 1 aliphatic heterocycles. The Kier molecular flexibility index (Phi) is 6.62. The molecule has 2 rings (SSSR count). The largest absolute Gasteiger partial charge is 0.496 e. The Hall–Kier alpha value is -0.780. The summed E-state index contributed by atoms with van der Waals surface area (Å²) in [5, 5.41) is 5.07.